The molecular weight excluding hydrogens is 518 g/mol. The number of amides is 1. The molecule has 1 aromatic heterocycles. The SMILES string of the molecule is C[C@@H]1CC(O)c2ncnc(N3CCN(C(=O)[C@H](CNC4CCOCC4)c4ccc(C(F)(F)F)cc4F)CC3)c21. The van der Waals surface area contributed by atoms with Crippen molar-refractivity contribution in [3.63, 3.8) is 0 Å². The second-order valence-corrected chi connectivity index (χ2v) is 10.5. The van der Waals surface area contributed by atoms with E-state index in [9.17, 15) is 23.1 Å². The molecule has 3 aliphatic rings. The number of aromatic nitrogens is 2. The van der Waals surface area contributed by atoms with E-state index in [1.54, 1.807) is 4.90 Å². The molecule has 3 atom stereocenters. The van der Waals surface area contributed by atoms with Gasteiger partial charge in [-0.25, -0.2) is 14.4 Å². The molecule has 12 heteroatoms. The molecule has 2 saturated heterocycles. The van der Waals surface area contributed by atoms with E-state index in [0.717, 1.165) is 36.4 Å². The van der Waals surface area contributed by atoms with Gasteiger partial charge in [-0.05, 0) is 37.3 Å². The van der Waals surface area contributed by atoms with E-state index >= 15 is 4.39 Å². The van der Waals surface area contributed by atoms with Crippen LogP contribution < -0.4 is 10.2 Å². The number of aliphatic hydroxyl groups excluding tert-OH is 1. The summed E-state index contributed by atoms with van der Waals surface area (Å²) in [5, 5.41) is 13.6. The zero-order chi connectivity index (χ0) is 27.7. The average molecular weight is 552 g/mol. The van der Waals surface area contributed by atoms with Crippen molar-refractivity contribution in [3.8, 4) is 0 Å². The lowest BCUT2D eigenvalue weighted by Crippen LogP contribution is -2.52. The third-order valence-electron chi connectivity index (χ3n) is 8.00. The first-order valence-electron chi connectivity index (χ1n) is 13.4. The van der Waals surface area contributed by atoms with Gasteiger partial charge in [0.05, 0.1) is 23.3 Å². The Morgan fingerprint density at radius 2 is 1.90 bits per heavy atom. The fraction of sp³-hybridized carbons (Fsp3) is 0.593. The maximum Gasteiger partial charge on any atom is 0.416 e. The van der Waals surface area contributed by atoms with E-state index in [2.05, 4.69) is 20.2 Å². The van der Waals surface area contributed by atoms with Crippen LogP contribution in [0.3, 0.4) is 0 Å². The summed E-state index contributed by atoms with van der Waals surface area (Å²) in [6.45, 7) is 4.96. The summed E-state index contributed by atoms with van der Waals surface area (Å²) in [4.78, 5) is 26.2. The molecule has 0 saturated carbocycles. The first kappa shape index (κ1) is 27.7. The molecule has 0 bridgehead atoms. The van der Waals surface area contributed by atoms with Crippen LogP contribution in [0, 0.1) is 5.82 Å². The Labute approximate surface area is 224 Å². The van der Waals surface area contributed by atoms with E-state index in [1.807, 2.05) is 6.92 Å². The number of nitrogens with zero attached hydrogens (tertiary/aromatic N) is 4. The van der Waals surface area contributed by atoms with Crippen LogP contribution in [0.25, 0.3) is 0 Å². The van der Waals surface area contributed by atoms with Gasteiger partial charge >= 0.3 is 6.18 Å². The van der Waals surface area contributed by atoms with Gasteiger partial charge in [0, 0.05) is 63.1 Å². The normalized spacial score (nSPS) is 23.1. The minimum Gasteiger partial charge on any atom is -0.387 e. The third-order valence-corrected chi connectivity index (χ3v) is 8.00. The predicted octanol–water partition coefficient (Wildman–Crippen LogP) is 3.38. The highest BCUT2D eigenvalue weighted by atomic mass is 19.4. The number of hydrogen-bond donors (Lipinski definition) is 2. The molecule has 2 aliphatic heterocycles. The Morgan fingerprint density at radius 3 is 2.56 bits per heavy atom. The monoisotopic (exact) mass is 551 g/mol. The topological polar surface area (TPSA) is 90.8 Å². The van der Waals surface area contributed by atoms with Crippen LogP contribution in [0.4, 0.5) is 23.4 Å². The molecule has 2 aromatic rings. The van der Waals surface area contributed by atoms with Crippen molar-refractivity contribution >= 4 is 11.7 Å². The van der Waals surface area contributed by atoms with Gasteiger partial charge in [0.1, 0.15) is 18.0 Å². The smallest absolute Gasteiger partial charge is 0.387 e. The summed E-state index contributed by atoms with van der Waals surface area (Å²) in [6.07, 6.45) is -1.79. The second kappa shape index (κ2) is 11.3. The summed E-state index contributed by atoms with van der Waals surface area (Å²) in [7, 11) is 0. The first-order chi connectivity index (χ1) is 18.6. The number of alkyl halides is 3. The molecule has 1 amide bonds. The summed E-state index contributed by atoms with van der Waals surface area (Å²) in [5.41, 5.74) is 0.433. The number of halogens is 4. The van der Waals surface area contributed by atoms with Crippen molar-refractivity contribution in [2.75, 3.05) is 50.8 Å². The van der Waals surface area contributed by atoms with Gasteiger partial charge in [0.15, 0.2) is 0 Å². The van der Waals surface area contributed by atoms with E-state index in [0.29, 0.717) is 57.6 Å². The highest BCUT2D eigenvalue weighted by Gasteiger charge is 2.37. The van der Waals surface area contributed by atoms with Gasteiger partial charge in [-0.3, -0.25) is 4.79 Å². The number of anilines is 1. The molecule has 2 fully saturated rings. The molecule has 2 N–H and O–H groups in total. The lowest BCUT2D eigenvalue weighted by atomic mass is 9.94. The number of nitrogens with one attached hydrogen (secondary N) is 1. The number of piperazine rings is 1. The number of aliphatic hydroxyl groups is 1. The van der Waals surface area contributed by atoms with E-state index in [4.69, 9.17) is 4.74 Å². The van der Waals surface area contributed by atoms with Crippen LogP contribution in [0.2, 0.25) is 0 Å². The number of benzene rings is 1. The lowest BCUT2D eigenvalue weighted by Gasteiger charge is -2.38. The van der Waals surface area contributed by atoms with Crippen LogP contribution in [0.5, 0.6) is 0 Å². The average Bonchev–Trinajstić information content (AvgIpc) is 3.22. The summed E-state index contributed by atoms with van der Waals surface area (Å²) in [6, 6.07) is 2.46. The largest absolute Gasteiger partial charge is 0.416 e. The quantitative estimate of drug-likeness (QED) is 0.532. The van der Waals surface area contributed by atoms with Gasteiger partial charge in [0.25, 0.3) is 0 Å². The van der Waals surface area contributed by atoms with Gasteiger partial charge in [-0.1, -0.05) is 13.0 Å². The van der Waals surface area contributed by atoms with Gasteiger partial charge < -0.3 is 25.0 Å². The number of ether oxygens (including phenoxy) is 1. The maximum absolute atomic E-state index is 15.0. The molecule has 1 unspecified atom stereocenters. The molecule has 3 heterocycles. The number of carbonyl (C=O) groups excluding carboxylic acids is 1. The second-order valence-electron chi connectivity index (χ2n) is 10.5. The molecule has 1 aromatic carbocycles. The summed E-state index contributed by atoms with van der Waals surface area (Å²) >= 11 is 0. The van der Waals surface area contributed by atoms with Crippen molar-refractivity contribution in [2.45, 2.75) is 56.3 Å². The zero-order valence-corrected chi connectivity index (χ0v) is 21.8. The lowest BCUT2D eigenvalue weighted by molar-refractivity contribution is -0.137. The highest BCUT2D eigenvalue weighted by Crippen LogP contribution is 2.43. The maximum atomic E-state index is 15.0. The summed E-state index contributed by atoms with van der Waals surface area (Å²) < 4.78 is 59.9. The van der Waals surface area contributed by atoms with Crippen LogP contribution in [-0.4, -0.2) is 77.9 Å². The Balaban J connectivity index is 1.32. The van der Waals surface area contributed by atoms with Crippen molar-refractivity contribution in [1.82, 2.24) is 20.2 Å². The number of hydrogen-bond acceptors (Lipinski definition) is 7. The standard InChI is InChI=1S/C27H33F4N5O3/c1-16-12-22(37)24-23(16)25(34-15-33-24)35-6-8-36(9-7-35)26(38)20(14-32-18-4-10-39-11-5-18)19-3-2-17(13-21(19)28)27(29,30)31/h2-3,13,15-16,18,20,22,32,37H,4-12,14H2,1H3/t16-,20-,22?/m1/s1. The first-order valence-corrected chi connectivity index (χ1v) is 13.4. The minimum atomic E-state index is -4.68. The van der Waals surface area contributed by atoms with Crippen LogP contribution in [0.1, 0.15) is 66.5 Å². The van der Waals surface area contributed by atoms with E-state index in [1.165, 1.54) is 6.33 Å². The summed E-state index contributed by atoms with van der Waals surface area (Å²) in [5.74, 6) is -1.48. The van der Waals surface area contributed by atoms with Crippen LogP contribution in [-0.2, 0) is 15.7 Å². The van der Waals surface area contributed by atoms with Crippen LogP contribution >= 0.6 is 0 Å². The highest BCUT2D eigenvalue weighted by molar-refractivity contribution is 5.84. The van der Waals surface area contributed by atoms with Gasteiger partial charge in [-0.15, -0.1) is 0 Å². The van der Waals surface area contributed by atoms with Crippen molar-refractivity contribution < 1.29 is 32.2 Å². The van der Waals surface area contributed by atoms with Crippen LogP contribution in [0.15, 0.2) is 24.5 Å². The number of rotatable bonds is 6. The predicted molar refractivity (Wildman–Crippen MR) is 135 cm³/mol. The molecule has 212 valence electrons. The van der Waals surface area contributed by atoms with Gasteiger partial charge in [-0.2, -0.15) is 13.2 Å². The van der Waals surface area contributed by atoms with Crippen molar-refractivity contribution in [2.24, 2.45) is 0 Å². The van der Waals surface area contributed by atoms with Gasteiger partial charge in [0.2, 0.25) is 5.91 Å². The Bertz CT molecular complexity index is 1180. The molecule has 8 nitrogen and oxygen atoms in total. The fourth-order valence-electron chi connectivity index (χ4n) is 5.82. The molecule has 39 heavy (non-hydrogen) atoms. The Kier molecular flexibility index (Phi) is 8.06. The molecular formula is C27H33F4N5O3. The number of carbonyl (C=O) groups is 1. The molecule has 5 rings (SSSR count). The minimum absolute atomic E-state index is 0.0496. The number of fused-ring (bicyclic) bond motifs is 1. The Hall–Kier alpha value is -2.83. The Morgan fingerprint density at radius 1 is 1.18 bits per heavy atom. The molecule has 1 aliphatic carbocycles. The zero-order valence-electron chi connectivity index (χ0n) is 21.8. The van der Waals surface area contributed by atoms with E-state index in [-0.39, 0.29) is 30.0 Å². The van der Waals surface area contributed by atoms with Crippen molar-refractivity contribution in [1.29, 1.82) is 0 Å². The van der Waals surface area contributed by atoms with Crippen molar-refractivity contribution in [3.05, 3.63) is 52.7 Å². The fourth-order valence-corrected chi connectivity index (χ4v) is 5.82. The van der Waals surface area contributed by atoms with E-state index < -0.39 is 29.6 Å². The molecule has 0 radical (unpaired) electrons. The third kappa shape index (κ3) is 5.87. The molecule has 0 spiro atoms.